The van der Waals surface area contributed by atoms with Gasteiger partial charge in [0.15, 0.2) is 0 Å². The van der Waals surface area contributed by atoms with Gasteiger partial charge in [-0.1, -0.05) is 62.3 Å². The summed E-state index contributed by atoms with van der Waals surface area (Å²) in [5, 5.41) is 0. The minimum atomic E-state index is -3.42. The molecule has 0 saturated heterocycles. The molecule has 0 amide bonds. The fraction of sp³-hybridized carbons (Fsp3) is 1.00. The Balaban J connectivity index is 5.66. The van der Waals surface area contributed by atoms with Crippen molar-refractivity contribution >= 4 is 10.0 Å². The molecule has 2 unspecified atom stereocenters. The number of sulfonamides is 1. The Morgan fingerprint density at radius 2 is 1.25 bits per heavy atom. The fourth-order valence-electron chi connectivity index (χ4n) is 4.32. The molecule has 0 aromatic rings. The van der Waals surface area contributed by atoms with Gasteiger partial charge in [0.1, 0.15) is 0 Å². The SMILES string of the molecule is CCC(C)(CC)C(CC)(CC)S(=O)(=O)NC(C)C(C)CC(C)(C)C. The van der Waals surface area contributed by atoms with Crippen molar-refractivity contribution in [2.24, 2.45) is 16.7 Å². The van der Waals surface area contributed by atoms with E-state index in [0.717, 1.165) is 19.3 Å². The van der Waals surface area contributed by atoms with Crippen LogP contribution >= 0.6 is 0 Å². The van der Waals surface area contributed by atoms with Crippen molar-refractivity contribution in [3.63, 3.8) is 0 Å². The van der Waals surface area contributed by atoms with Crippen molar-refractivity contribution < 1.29 is 8.42 Å². The quantitative estimate of drug-likeness (QED) is 0.538. The van der Waals surface area contributed by atoms with Crippen LogP contribution in [0, 0.1) is 16.7 Å². The van der Waals surface area contributed by atoms with Crippen LogP contribution in [-0.4, -0.2) is 19.2 Å². The highest BCUT2D eigenvalue weighted by molar-refractivity contribution is 7.91. The zero-order valence-electron chi connectivity index (χ0n) is 17.9. The van der Waals surface area contributed by atoms with Gasteiger partial charge in [0.2, 0.25) is 10.0 Å². The molecule has 0 aliphatic heterocycles. The molecular formula is C20H43NO2S. The Hall–Kier alpha value is -0.0900. The van der Waals surface area contributed by atoms with Gasteiger partial charge in [0.05, 0.1) is 4.75 Å². The molecule has 0 spiro atoms. The summed E-state index contributed by atoms with van der Waals surface area (Å²) in [5.74, 6) is 0.306. The number of hydrogen-bond donors (Lipinski definition) is 1. The molecule has 24 heavy (non-hydrogen) atoms. The zero-order chi connectivity index (χ0) is 19.4. The minimum Gasteiger partial charge on any atom is -0.212 e. The highest BCUT2D eigenvalue weighted by Crippen LogP contribution is 2.47. The average Bonchev–Trinajstić information content (AvgIpc) is 2.45. The van der Waals surface area contributed by atoms with E-state index in [1.165, 1.54) is 0 Å². The lowest BCUT2D eigenvalue weighted by molar-refractivity contribution is 0.176. The first-order valence-electron chi connectivity index (χ1n) is 9.77. The van der Waals surface area contributed by atoms with E-state index in [1.807, 2.05) is 20.8 Å². The van der Waals surface area contributed by atoms with Gasteiger partial charge < -0.3 is 0 Å². The van der Waals surface area contributed by atoms with Crippen LogP contribution in [0.15, 0.2) is 0 Å². The van der Waals surface area contributed by atoms with Crippen LogP contribution in [0.3, 0.4) is 0 Å². The molecule has 0 radical (unpaired) electrons. The van der Waals surface area contributed by atoms with Crippen molar-refractivity contribution in [2.75, 3.05) is 0 Å². The molecular weight excluding hydrogens is 318 g/mol. The summed E-state index contributed by atoms with van der Waals surface area (Å²) in [6.07, 6.45) is 4.05. The highest BCUT2D eigenvalue weighted by Gasteiger charge is 2.53. The zero-order valence-corrected chi connectivity index (χ0v) is 18.7. The van der Waals surface area contributed by atoms with E-state index in [2.05, 4.69) is 53.2 Å². The molecule has 0 saturated carbocycles. The summed E-state index contributed by atoms with van der Waals surface area (Å²) < 4.78 is 29.3. The number of rotatable bonds is 10. The first-order valence-corrected chi connectivity index (χ1v) is 11.3. The molecule has 0 heterocycles. The Labute approximate surface area is 152 Å². The van der Waals surface area contributed by atoms with Crippen LogP contribution in [0.1, 0.15) is 101 Å². The predicted octanol–water partition coefficient (Wildman–Crippen LogP) is 5.75. The monoisotopic (exact) mass is 361 g/mol. The molecule has 4 heteroatoms. The van der Waals surface area contributed by atoms with Crippen molar-refractivity contribution in [1.29, 1.82) is 0 Å². The van der Waals surface area contributed by atoms with Crippen LogP contribution in [0.2, 0.25) is 0 Å². The maximum Gasteiger partial charge on any atom is 0.218 e. The Kier molecular flexibility index (Phi) is 8.50. The molecule has 2 atom stereocenters. The van der Waals surface area contributed by atoms with E-state index in [0.29, 0.717) is 18.8 Å². The molecule has 0 aromatic heterocycles. The van der Waals surface area contributed by atoms with Gasteiger partial charge in [-0.3, -0.25) is 0 Å². The summed E-state index contributed by atoms with van der Waals surface area (Å²) in [6.45, 7) is 21.2. The van der Waals surface area contributed by atoms with E-state index >= 15 is 0 Å². The molecule has 0 bridgehead atoms. The molecule has 0 aliphatic carbocycles. The standard InChI is InChI=1S/C20H43NO2S/c1-11-19(10,12-2)20(13-3,14-4)24(22,23)21-17(6)16(5)15-18(7,8)9/h16-17,21H,11-15H2,1-10H3. The second kappa shape index (κ2) is 8.53. The van der Waals surface area contributed by atoms with Gasteiger partial charge in [0, 0.05) is 6.04 Å². The van der Waals surface area contributed by atoms with Crippen molar-refractivity contribution in [1.82, 2.24) is 4.72 Å². The molecule has 0 aromatic carbocycles. The lowest BCUT2D eigenvalue weighted by atomic mass is 9.69. The van der Waals surface area contributed by atoms with Gasteiger partial charge in [-0.2, -0.15) is 0 Å². The van der Waals surface area contributed by atoms with Crippen LogP contribution < -0.4 is 4.72 Å². The van der Waals surface area contributed by atoms with Gasteiger partial charge in [-0.25, -0.2) is 13.1 Å². The van der Waals surface area contributed by atoms with Gasteiger partial charge in [-0.15, -0.1) is 0 Å². The molecule has 0 rings (SSSR count). The maximum atomic E-state index is 13.4. The predicted molar refractivity (Wildman–Crippen MR) is 107 cm³/mol. The van der Waals surface area contributed by atoms with E-state index in [9.17, 15) is 8.42 Å². The third-order valence-electron chi connectivity index (χ3n) is 6.45. The lowest BCUT2D eigenvalue weighted by Crippen LogP contribution is -2.58. The van der Waals surface area contributed by atoms with E-state index in [1.54, 1.807) is 0 Å². The van der Waals surface area contributed by atoms with Gasteiger partial charge in [0.25, 0.3) is 0 Å². The van der Waals surface area contributed by atoms with Crippen LogP contribution in [-0.2, 0) is 10.0 Å². The normalized spacial score (nSPS) is 16.9. The average molecular weight is 362 g/mol. The summed E-state index contributed by atoms with van der Waals surface area (Å²) in [4.78, 5) is 0. The van der Waals surface area contributed by atoms with E-state index in [4.69, 9.17) is 0 Å². The largest absolute Gasteiger partial charge is 0.218 e. The second-order valence-corrected chi connectivity index (χ2v) is 11.1. The lowest BCUT2D eigenvalue weighted by Gasteiger charge is -2.47. The van der Waals surface area contributed by atoms with Crippen molar-refractivity contribution in [3.8, 4) is 0 Å². The summed E-state index contributed by atoms with van der Waals surface area (Å²) >= 11 is 0. The Bertz CT molecular complexity index is 468. The summed E-state index contributed by atoms with van der Waals surface area (Å²) in [5.41, 5.74) is -0.0115. The number of nitrogens with one attached hydrogen (secondary N) is 1. The van der Waals surface area contributed by atoms with Crippen LogP contribution in [0.5, 0.6) is 0 Å². The van der Waals surface area contributed by atoms with E-state index in [-0.39, 0.29) is 16.9 Å². The molecule has 0 fully saturated rings. The number of hydrogen-bond acceptors (Lipinski definition) is 2. The highest BCUT2D eigenvalue weighted by atomic mass is 32.2. The minimum absolute atomic E-state index is 0.0512. The van der Waals surface area contributed by atoms with E-state index < -0.39 is 14.8 Å². The summed E-state index contributed by atoms with van der Waals surface area (Å²) in [7, 11) is -3.42. The van der Waals surface area contributed by atoms with Crippen LogP contribution in [0.4, 0.5) is 0 Å². The molecule has 146 valence electrons. The molecule has 3 nitrogen and oxygen atoms in total. The first kappa shape index (κ1) is 23.9. The maximum absolute atomic E-state index is 13.4. The topological polar surface area (TPSA) is 46.2 Å². The third-order valence-corrected chi connectivity index (χ3v) is 9.23. The third kappa shape index (κ3) is 4.97. The Morgan fingerprint density at radius 1 is 0.833 bits per heavy atom. The molecule has 0 aliphatic rings. The van der Waals surface area contributed by atoms with Crippen LogP contribution in [0.25, 0.3) is 0 Å². The van der Waals surface area contributed by atoms with Crippen molar-refractivity contribution in [2.45, 2.75) is 112 Å². The van der Waals surface area contributed by atoms with Crippen molar-refractivity contribution in [3.05, 3.63) is 0 Å². The van der Waals surface area contributed by atoms with Gasteiger partial charge in [-0.05, 0) is 55.8 Å². The van der Waals surface area contributed by atoms with Gasteiger partial charge >= 0.3 is 0 Å². The smallest absolute Gasteiger partial charge is 0.212 e. The Morgan fingerprint density at radius 3 is 1.54 bits per heavy atom. The molecule has 1 N–H and O–H groups in total. The second-order valence-electron chi connectivity index (χ2n) is 9.12. The summed E-state index contributed by atoms with van der Waals surface area (Å²) in [6, 6.07) is -0.0512. The fourth-order valence-corrected chi connectivity index (χ4v) is 6.96. The first-order chi connectivity index (χ1) is 10.8.